The van der Waals surface area contributed by atoms with Gasteiger partial charge >= 0.3 is 0 Å². The van der Waals surface area contributed by atoms with Gasteiger partial charge in [0.2, 0.25) is 0 Å². The van der Waals surface area contributed by atoms with Crippen molar-refractivity contribution in [3.63, 3.8) is 0 Å². The first-order valence-corrected chi connectivity index (χ1v) is 9.83. The molecule has 2 aromatic heterocycles. The predicted octanol–water partition coefficient (Wildman–Crippen LogP) is 3.75. The summed E-state index contributed by atoms with van der Waals surface area (Å²) in [6, 6.07) is 7.78. The van der Waals surface area contributed by atoms with Gasteiger partial charge < -0.3 is 10.1 Å². The summed E-state index contributed by atoms with van der Waals surface area (Å²) in [5.41, 5.74) is 4.98. The van der Waals surface area contributed by atoms with Crippen molar-refractivity contribution in [2.45, 2.75) is 33.6 Å². The highest BCUT2D eigenvalue weighted by Gasteiger charge is 2.18. The number of amides is 1. The van der Waals surface area contributed by atoms with Crippen LogP contribution in [0.2, 0.25) is 5.02 Å². The first-order valence-electron chi connectivity index (χ1n) is 9.46. The Morgan fingerprint density at radius 1 is 1.29 bits per heavy atom. The minimum atomic E-state index is -0.170. The van der Waals surface area contributed by atoms with Crippen LogP contribution in [0.5, 0.6) is 0 Å². The van der Waals surface area contributed by atoms with E-state index in [0.717, 1.165) is 34.0 Å². The number of nitrogens with zero attached hydrogens (tertiary/aromatic N) is 3. The Morgan fingerprint density at radius 2 is 2.07 bits per heavy atom. The number of rotatable bonds is 8. The molecule has 28 heavy (non-hydrogen) atoms. The van der Waals surface area contributed by atoms with E-state index in [0.29, 0.717) is 37.4 Å². The summed E-state index contributed by atoms with van der Waals surface area (Å²) in [6.45, 7) is 7.77. The van der Waals surface area contributed by atoms with Gasteiger partial charge in [0.1, 0.15) is 5.56 Å². The SMILES string of the molecule is CCOCCCNC(=O)c1cnn2c(C)c(Cc3ccccc3Cl)c(C)nc12. The van der Waals surface area contributed by atoms with Crippen molar-refractivity contribution in [2.24, 2.45) is 0 Å². The van der Waals surface area contributed by atoms with Crippen molar-refractivity contribution in [1.82, 2.24) is 19.9 Å². The zero-order chi connectivity index (χ0) is 20.1. The monoisotopic (exact) mass is 400 g/mol. The molecule has 0 radical (unpaired) electrons. The molecule has 1 aromatic carbocycles. The second kappa shape index (κ2) is 9.17. The van der Waals surface area contributed by atoms with E-state index in [2.05, 4.69) is 15.4 Å². The number of carbonyl (C=O) groups is 1. The normalized spacial score (nSPS) is 11.1. The fraction of sp³-hybridized carbons (Fsp3) is 0.381. The highest BCUT2D eigenvalue weighted by molar-refractivity contribution is 6.31. The van der Waals surface area contributed by atoms with Gasteiger partial charge in [0.25, 0.3) is 5.91 Å². The van der Waals surface area contributed by atoms with Gasteiger partial charge in [-0.3, -0.25) is 4.79 Å². The standard InChI is InChI=1S/C21H25ClN4O2/c1-4-28-11-7-10-23-21(27)18-13-24-26-15(3)17(14(2)25-20(18)26)12-16-8-5-6-9-19(16)22/h5-6,8-9,13H,4,7,10-12H2,1-3H3,(H,23,27). The van der Waals surface area contributed by atoms with E-state index in [1.807, 2.05) is 45.0 Å². The number of hydrogen-bond donors (Lipinski definition) is 1. The Bertz CT molecular complexity index is 984. The molecule has 0 bridgehead atoms. The molecule has 7 heteroatoms. The third-order valence-corrected chi connectivity index (χ3v) is 5.10. The Hall–Kier alpha value is -2.44. The lowest BCUT2D eigenvalue weighted by Gasteiger charge is -2.12. The van der Waals surface area contributed by atoms with Crippen LogP contribution in [-0.2, 0) is 11.2 Å². The number of fused-ring (bicyclic) bond motifs is 1. The van der Waals surface area contributed by atoms with Gasteiger partial charge in [-0.15, -0.1) is 0 Å². The van der Waals surface area contributed by atoms with Gasteiger partial charge in [-0.05, 0) is 44.4 Å². The average molecular weight is 401 g/mol. The number of hydrogen-bond acceptors (Lipinski definition) is 4. The van der Waals surface area contributed by atoms with Crippen molar-refractivity contribution >= 4 is 23.2 Å². The van der Waals surface area contributed by atoms with Gasteiger partial charge in [0.15, 0.2) is 5.65 Å². The lowest BCUT2D eigenvalue weighted by molar-refractivity contribution is 0.0945. The summed E-state index contributed by atoms with van der Waals surface area (Å²) in [7, 11) is 0. The average Bonchev–Trinajstić information content (AvgIpc) is 3.10. The molecule has 3 aromatic rings. The largest absolute Gasteiger partial charge is 0.382 e. The van der Waals surface area contributed by atoms with Crippen molar-refractivity contribution in [3.8, 4) is 0 Å². The molecule has 148 valence electrons. The maximum absolute atomic E-state index is 12.5. The topological polar surface area (TPSA) is 68.5 Å². The molecule has 3 rings (SSSR count). The van der Waals surface area contributed by atoms with Gasteiger partial charge in [-0.25, -0.2) is 9.50 Å². The van der Waals surface area contributed by atoms with E-state index in [4.69, 9.17) is 16.3 Å². The van der Waals surface area contributed by atoms with Crippen molar-refractivity contribution < 1.29 is 9.53 Å². The van der Waals surface area contributed by atoms with E-state index in [1.165, 1.54) is 0 Å². The minimum Gasteiger partial charge on any atom is -0.382 e. The van der Waals surface area contributed by atoms with E-state index < -0.39 is 0 Å². The highest BCUT2D eigenvalue weighted by atomic mass is 35.5. The first-order chi connectivity index (χ1) is 13.5. The number of aromatic nitrogens is 3. The molecule has 0 unspecified atom stereocenters. The summed E-state index contributed by atoms with van der Waals surface area (Å²) in [4.78, 5) is 17.2. The number of carbonyl (C=O) groups excluding carboxylic acids is 1. The smallest absolute Gasteiger partial charge is 0.256 e. The quantitative estimate of drug-likeness (QED) is 0.585. The number of halogens is 1. The van der Waals surface area contributed by atoms with Crippen LogP contribution in [0.1, 0.15) is 46.2 Å². The zero-order valence-corrected chi connectivity index (χ0v) is 17.2. The molecule has 0 saturated carbocycles. The van der Waals surface area contributed by atoms with Crippen LogP contribution >= 0.6 is 11.6 Å². The molecule has 1 N–H and O–H groups in total. The van der Waals surface area contributed by atoms with Crippen molar-refractivity contribution in [2.75, 3.05) is 19.8 Å². The fourth-order valence-electron chi connectivity index (χ4n) is 3.17. The summed E-state index contributed by atoms with van der Waals surface area (Å²) >= 11 is 6.32. The zero-order valence-electron chi connectivity index (χ0n) is 16.5. The molecule has 0 aliphatic rings. The summed E-state index contributed by atoms with van der Waals surface area (Å²) < 4.78 is 7.02. The molecule has 0 saturated heterocycles. The van der Waals surface area contributed by atoms with Crippen LogP contribution in [0.3, 0.4) is 0 Å². The molecular weight excluding hydrogens is 376 g/mol. The summed E-state index contributed by atoms with van der Waals surface area (Å²) in [5.74, 6) is -0.170. The van der Waals surface area contributed by atoms with Gasteiger partial charge in [0, 0.05) is 42.6 Å². The molecule has 2 heterocycles. The third-order valence-electron chi connectivity index (χ3n) is 4.73. The van der Waals surface area contributed by atoms with E-state index in [-0.39, 0.29) is 5.91 Å². The van der Waals surface area contributed by atoms with Crippen molar-refractivity contribution in [1.29, 1.82) is 0 Å². The highest BCUT2D eigenvalue weighted by Crippen LogP contribution is 2.24. The van der Waals surface area contributed by atoms with Crippen LogP contribution in [0.15, 0.2) is 30.5 Å². The van der Waals surface area contributed by atoms with E-state index >= 15 is 0 Å². The number of benzene rings is 1. The minimum absolute atomic E-state index is 0.170. The molecule has 0 spiro atoms. The molecule has 0 aliphatic heterocycles. The van der Waals surface area contributed by atoms with Crippen LogP contribution in [0.25, 0.3) is 5.65 Å². The lowest BCUT2D eigenvalue weighted by atomic mass is 10.0. The molecule has 6 nitrogen and oxygen atoms in total. The Labute approximate surface area is 169 Å². The second-order valence-electron chi connectivity index (χ2n) is 6.63. The van der Waals surface area contributed by atoms with Crippen LogP contribution in [0.4, 0.5) is 0 Å². The maximum Gasteiger partial charge on any atom is 0.256 e. The number of aryl methyl sites for hydroxylation is 2. The maximum atomic E-state index is 12.5. The lowest BCUT2D eigenvalue weighted by Crippen LogP contribution is -2.25. The first kappa shape index (κ1) is 20.3. The molecular formula is C21H25ClN4O2. The molecule has 0 atom stereocenters. The molecule has 1 amide bonds. The van der Waals surface area contributed by atoms with Crippen molar-refractivity contribution in [3.05, 3.63) is 63.6 Å². The number of nitrogens with one attached hydrogen (secondary N) is 1. The van der Waals surface area contributed by atoms with Crippen LogP contribution in [-0.4, -0.2) is 40.3 Å². The summed E-state index contributed by atoms with van der Waals surface area (Å²) in [5, 5.41) is 8.04. The van der Waals surface area contributed by atoms with E-state index in [9.17, 15) is 4.79 Å². The predicted molar refractivity (Wildman–Crippen MR) is 110 cm³/mol. The third kappa shape index (κ3) is 4.34. The fourth-order valence-corrected chi connectivity index (χ4v) is 3.38. The number of ether oxygens (including phenoxy) is 1. The van der Waals surface area contributed by atoms with Crippen LogP contribution in [0, 0.1) is 13.8 Å². The Kier molecular flexibility index (Phi) is 6.65. The Balaban J connectivity index is 1.83. The van der Waals surface area contributed by atoms with Crippen LogP contribution < -0.4 is 5.32 Å². The van der Waals surface area contributed by atoms with Gasteiger partial charge in [-0.1, -0.05) is 29.8 Å². The van der Waals surface area contributed by atoms with Gasteiger partial charge in [-0.2, -0.15) is 5.10 Å². The molecule has 0 fully saturated rings. The Morgan fingerprint density at radius 3 is 2.82 bits per heavy atom. The second-order valence-corrected chi connectivity index (χ2v) is 7.04. The van der Waals surface area contributed by atoms with Gasteiger partial charge in [0.05, 0.1) is 6.20 Å². The molecule has 0 aliphatic carbocycles. The van der Waals surface area contributed by atoms with E-state index in [1.54, 1.807) is 10.7 Å². The summed E-state index contributed by atoms with van der Waals surface area (Å²) in [6.07, 6.45) is 3.01.